The van der Waals surface area contributed by atoms with Gasteiger partial charge in [0.2, 0.25) is 5.91 Å². The zero-order valence-corrected chi connectivity index (χ0v) is 12.8. The van der Waals surface area contributed by atoms with Crippen LogP contribution in [0, 0.1) is 0 Å². The van der Waals surface area contributed by atoms with Gasteiger partial charge in [0.1, 0.15) is 6.54 Å². The third-order valence-corrected chi connectivity index (χ3v) is 3.55. The van der Waals surface area contributed by atoms with Crippen molar-refractivity contribution in [2.45, 2.75) is 6.54 Å². The number of amides is 2. The zero-order chi connectivity index (χ0) is 16.9. The van der Waals surface area contributed by atoms with E-state index in [0.29, 0.717) is 5.56 Å². The molecule has 6 nitrogen and oxygen atoms in total. The lowest BCUT2D eigenvalue weighted by Gasteiger charge is -2.00. The van der Waals surface area contributed by atoms with Gasteiger partial charge >= 0.3 is 0 Å². The Morgan fingerprint density at radius 2 is 1.79 bits per heavy atom. The molecular formula is C18H16N4O2. The summed E-state index contributed by atoms with van der Waals surface area (Å²) in [5.41, 5.74) is 9.98. The Labute approximate surface area is 138 Å². The van der Waals surface area contributed by atoms with Crippen LogP contribution in [0.5, 0.6) is 0 Å². The highest BCUT2D eigenvalue weighted by molar-refractivity contribution is 6.01. The molecular weight excluding hydrogens is 304 g/mol. The van der Waals surface area contributed by atoms with Gasteiger partial charge < -0.3 is 10.3 Å². The third-order valence-electron chi connectivity index (χ3n) is 3.55. The first-order chi connectivity index (χ1) is 11.6. The number of benzene rings is 2. The highest BCUT2D eigenvalue weighted by atomic mass is 16.2. The first-order valence-corrected chi connectivity index (χ1v) is 7.40. The fourth-order valence-electron chi connectivity index (χ4n) is 2.49. The summed E-state index contributed by atoms with van der Waals surface area (Å²) in [7, 11) is 0. The van der Waals surface area contributed by atoms with E-state index in [-0.39, 0.29) is 12.5 Å². The van der Waals surface area contributed by atoms with Crippen molar-refractivity contribution in [3.63, 3.8) is 0 Å². The fourth-order valence-corrected chi connectivity index (χ4v) is 2.49. The second-order valence-corrected chi connectivity index (χ2v) is 5.26. The average molecular weight is 320 g/mol. The van der Waals surface area contributed by atoms with Crippen LogP contribution in [0.1, 0.15) is 15.9 Å². The highest BCUT2D eigenvalue weighted by Crippen LogP contribution is 2.19. The predicted molar refractivity (Wildman–Crippen MR) is 92.6 cm³/mol. The van der Waals surface area contributed by atoms with Crippen molar-refractivity contribution < 1.29 is 9.59 Å². The van der Waals surface area contributed by atoms with E-state index in [1.807, 2.05) is 30.3 Å². The molecule has 0 bridgehead atoms. The SMILES string of the molecule is NC(=O)Cn1cc(/C=N/NC(=O)c2ccccc2)c2ccccc21. The third kappa shape index (κ3) is 3.33. The van der Waals surface area contributed by atoms with Gasteiger partial charge in [-0.25, -0.2) is 5.43 Å². The second-order valence-electron chi connectivity index (χ2n) is 5.26. The monoisotopic (exact) mass is 320 g/mol. The summed E-state index contributed by atoms with van der Waals surface area (Å²) < 4.78 is 1.76. The van der Waals surface area contributed by atoms with Crippen LogP contribution in [0.3, 0.4) is 0 Å². The van der Waals surface area contributed by atoms with Crippen molar-refractivity contribution in [1.82, 2.24) is 9.99 Å². The Bertz CT molecular complexity index is 913. The molecule has 0 radical (unpaired) electrons. The van der Waals surface area contributed by atoms with Gasteiger partial charge in [-0.15, -0.1) is 0 Å². The summed E-state index contributed by atoms with van der Waals surface area (Å²) >= 11 is 0. The quantitative estimate of drug-likeness (QED) is 0.555. The number of aromatic nitrogens is 1. The minimum absolute atomic E-state index is 0.0880. The summed E-state index contributed by atoms with van der Waals surface area (Å²) in [5.74, 6) is -0.704. The Morgan fingerprint density at radius 3 is 2.54 bits per heavy atom. The Balaban J connectivity index is 1.82. The van der Waals surface area contributed by atoms with Crippen LogP contribution in [0.25, 0.3) is 10.9 Å². The van der Waals surface area contributed by atoms with Crippen LogP contribution >= 0.6 is 0 Å². The van der Waals surface area contributed by atoms with Gasteiger partial charge in [0, 0.05) is 28.2 Å². The number of para-hydroxylation sites is 1. The zero-order valence-electron chi connectivity index (χ0n) is 12.8. The van der Waals surface area contributed by atoms with Crippen LogP contribution in [0.2, 0.25) is 0 Å². The van der Waals surface area contributed by atoms with Crippen molar-refractivity contribution in [2.24, 2.45) is 10.8 Å². The first-order valence-electron chi connectivity index (χ1n) is 7.40. The van der Waals surface area contributed by atoms with E-state index in [9.17, 15) is 9.59 Å². The van der Waals surface area contributed by atoms with Crippen molar-refractivity contribution in [3.05, 3.63) is 71.9 Å². The minimum Gasteiger partial charge on any atom is -0.368 e. The van der Waals surface area contributed by atoms with Crippen LogP contribution < -0.4 is 11.2 Å². The number of carbonyl (C=O) groups excluding carboxylic acids is 2. The number of hydrogen-bond donors (Lipinski definition) is 2. The molecule has 1 heterocycles. The molecule has 2 amide bonds. The number of rotatable bonds is 5. The molecule has 2 aromatic carbocycles. The van der Waals surface area contributed by atoms with E-state index >= 15 is 0 Å². The normalized spacial score (nSPS) is 11.0. The van der Waals surface area contributed by atoms with Gasteiger partial charge in [-0.3, -0.25) is 9.59 Å². The minimum atomic E-state index is -0.420. The topological polar surface area (TPSA) is 89.5 Å². The summed E-state index contributed by atoms with van der Waals surface area (Å²) in [5, 5.41) is 4.93. The lowest BCUT2D eigenvalue weighted by molar-refractivity contribution is -0.118. The van der Waals surface area contributed by atoms with Gasteiger partial charge in [-0.2, -0.15) is 5.10 Å². The second kappa shape index (κ2) is 6.78. The molecule has 120 valence electrons. The molecule has 0 spiro atoms. The summed E-state index contributed by atoms with van der Waals surface area (Å²) in [6, 6.07) is 16.5. The molecule has 3 aromatic rings. The summed E-state index contributed by atoms with van der Waals surface area (Å²) in [6.45, 7) is 0.0880. The van der Waals surface area contributed by atoms with E-state index < -0.39 is 5.91 Å². The number of hydrogen-bond acceptors (Lipinski definition) is 3. The molecule has 0 aliphatic carbocycles. The molecule has 0 saturated heterocycles. The molecule has 0 aliphatic rings. The molecule has 0 atom stereocenters. The lowest BCUT2D eigenvalue weighted by Crippen LogP contribution is -2.18. The summed E-state index contributed by atoms with van der Waals surface area (Å²) in [6.07, 6.45) is 3.34. The fraction of sp³-hybridized carbons (Fsp3) is 0.0556. The number of nitrogens with two attached hydrogens (primary N) is 1. The molecule has 6 heteroatoms. The molecule has 0 aliphatic heterocycles. The molecule has 1 aromatic heterocycles. The van der Waals surface area contributed by atoms with Crippen molar-refractivity contribution in [2.75, 3.05) is 0 Å². The smallest absolute Gasteiger partial charge is 0.271 e. The number of hydrazone groups is 1. The standard InChI is InChI=1S/C18H16N4O2/c19-17(23)12-22-11-14(15-8-4-5-9-16(15)22)10-20-21-18(24)13-6-2-1-3-7-13/h1-11H,12H2,(H2,19,23)(H,21,24)/b20-10+. The molecule has 24 heavy (non-hydrogen) atoms. The molecule has 0 unspecified atom stereocenters. The van der Waals surface area contributed by atoms with Crippen LogP contribution in [-0.4, -0.2) is 22.6 Å². The van der Waals surface area contributed by atoms with Crippen molar-refractivity contribution >= 4 is 28.9 Å². The van der Waals surface area contributed by atoms with Gasteiger partial charge in [0.15, 0.2) is 0 Å². The summed E-state index contributed by atoms with van der Waals surface area (Å²) in [4.78, 5) is 23.2. The van der Waals surface area contributed by atoms with E-state index in [4.69, 9.17) is 5.73 Å². The Hall–Kier alpha value is -3.41. The van der Waals surface area contributed by atoms with E-state index in [0.717, 1.165) is 16.5 Å². The van der Waals surface area contributed by atoms with Gasteiger partial charge in [-0.05, 0) is 18.2 Å². The maximum absolute atomic E-state index is 12.0. The Morgan fingerprint density at radius 1 is 1.08 bits per heavy atom. The lowest BCUT2D eigenvalue weighted by atomic mass is 10.2. The van der Waals surface area contributed by atoms with Gasteiger partial charge in [-0.1, -0.05) is 36.4 Å². The van der Waals surface area contributed by atoms with Gasteiger partial charge in [0.25, 0.3) is 5.91 Å². The Kier molecular flexibility index (Phi) is 4.38. The maximum Gasteiger partial charge on any atom is 0.271 e. The van der Waals surface area contributed by atoms with Crippen molar-refractivity contribution in [1.29, 1.82) is 0 Å². The van der Waals surface area contributed by atoms with Crippen LogP contribution in [0.4, 0.5) is 0 Å². The number of fused-ring (bicyclic) bond motifs is 1. The van der Waals surface area contributed by atoms with Gasteiger partial charge in [0.05, 0.1) is 6.21 Å². The number of carbonyl (C=O) groups is 2. The van der Waals surface area contributed by atoms with E-state index in [1.54, 1.807) is 41.2 Å². The van der Waals surface area contributed by atoms with Crippen molar-refractivity contribution in [3.8, 4) is 0 Å². The maximum atomic E-state index is 12.0. The largest absolute Gasteiger partial charge is 0.368 e. The molecule has 0 fully saturated rings. The number of nitrogens with one attached hydrogen (secondary N) is 1. The van der Waals surface area contributed by atoms with E-state index in [2.05, 4.69) is 10.5 Å². The average Bonchev–Trinajstić information content (AvgIpc) is 2.93. The molecule has 0 saturated carbocycles. The number of primary amides is 1. The number of nitrogens with zero attached hydrogens (tertiary/aromatic N) is 2. The predicted octanol–water partition coefficient (Wildman–Crippen LogP) is 1.89. The van der Waals surface area contributed by atoms with Crippen LogP contribution in [0.15, 0.2) is 65.9 Å². The van der Waals surface area contributed by atoms with Crippen LogP contribution in [-0.2, 0) is 11.3 Å². The molecule has 3 rings (SSSR count). The molecule has 3 N–H and O–H groups in total. The first kappa shape index (κ1) is 15.5. The van der Waals surface area contributed by atoms with E-state index in [1.165, 1.54) is 0 Å². The highest BCUT2D eigenvalue weighted by Gasteiger charge is 2.08.